The number of benzene rings is 2. The lowest BCUT2D eigenvalue weighted by Gasteiger charge is -2.42. The predicted molar refractivity (Wildman–Crippen MR) is 151 cm³/mol. The lowest BCUT2D eigenvalue weighted by atomic mass is 9.63. The van der Waals surface area contributed by atoms with Gasteiger partial charge in [0.2, 0.25) is 0 Å². The van der Waals surface area contributed by atoms with Crippen molar-refractivity contribution >= 4 is 6.16 Å². The van der Waals surface area contributed by atoms with Gasteiger partial charge >= 0.3 is 6.16 Å². The lowest BCUT2D eigenvalue weighted by molar-refractivity contribution is 0.144. The summed E-state index contributed by atoms with van der Waals surface area (Å²) >= 11 is 0. The molecule has 6 nitrogen and oxygen atoms in total. The van der Waals surface area contributed by atoms with E-state index < -0.39 is 6.16 Å². The minimum atomic E-state index is -1.37. The molecule has 0 unspecified atom stereocenters. The van der Waals surface area contributed by atoms with Gasteiger partial charge in [0.15, 0.2) is 5.75 Å². The Balaban J connectivity index is 1.68. The number of nitrogens with one attached hydrogen (secondary N) is 1. The normalized spacial score (nSPS) is 15.8. The summed E-state index contributed by atoms with van der Waals surface area (Å²) in [5.74, 6) is 1.52. The SMILES string of the molecule is CC(C)NCCCCOc1ccc(-c2cc(OC(=O)O)co2)cc1-c1ccc2c(c1)C(C)(C)CCC2(C)C. The molecule has 1 aliphatic rings. The van der Waals surface area contributed by atoms with E-state index in [4.69, 9.17) is 19.0 Å². The highest BCUT2D eigenvalue weighted by Crippen LogP contribution is 2.47. The molecule has 4 rings (SSSR count). The minimum Gasteiger partial charge on any atom is -0.493 e. The predicted octanol–water partition coefficient (Wildman–Crippen LogP) is 8.18. The fourth-order valence-electron chi connectivity index (χ4n) is 5.22. The zero-order chi connectivity index (χ0) is 27.5. The number of unbranched alkanes of at least 4 members (excludes halogenated alkanes) is 1. The molecule has 0 saturated heterocycles. The van der Waals surface area contributed by atoms with E-state index in [-0.39, 0.29) is 16.6 Å². The Morgan fingerprint density at radius 2 is 1.68 bits per heavy atom. The summed E-state index contributed by atoms with van der Waals surface area (Å²) in [6.45, 7) is 15.2. The van der Waals surface area contributed by atoms with Crippen molar-refractivity contribution in [2.45, 2.75) is 84.1 Å². The summed E-state index contributed by atoms with van der Waals surface area (Å²) in [6, 6.07) is 14.9. The quantitative estimate of drug-likeness (QED) is 0.208. The Kier molecular flexibility index (Phi) is 8.22. The van der Waals surface area contributed by atoms with Crippen molar-refractivity contribution in [3.8, 4) is 33.9 Å². The third-order valence-electron chi connectivity index (χ3n) is 7.59. The van der Waals surface area contributed by atoms with Crippen LogP contribution in [0.25, 0.3) is 22.5 Å². The fourth-order valence-corrected chi connectivity index (χ4v) is 5.22. The molecule has 0 atom stereocenters. The minimum absolute atomic E-state index is 0.0903. The van der Waals surface area contributed by atoms with Crippen molar-refractivity contribution in [1.82, 2.24) is 5.32 Å². The monoisotopic (exact) mass is 519 g/mol. The largest absolute Gasteiger partial charge is 0.511 e. The lowest BCUT2D eigenvalue weighted by Crippen LogP contribution is -2.33. The Bertz CT molecular complexity index is 1270. The number of ether oxygens (including phenoxy) is 2. The number of hydrogen-bond donors (Lipinski definition) is 2. The van der Waals surface area contributed by atoms with Crippen LogP contribution in [0, 0.1) is 0 Å². The topological polar surface area (TPSA) is 80.9 Å². The molecule has 1 heterocycles. The molecule has 1 aromatic heterocycles. The molecule has 0 fully saturated rings. The standard InChI is InChI=1S/C32H41NO5/c1-21(2)33-15-7-8-16-36-28-12-10-23(29-19-24(20-37-29)38-30(34)35)17-25(28)22-9-11-26-27(18-22)32(5,6)14-13-31(26,3)4/h9-12,17-21,33H,7-8,13-16H2,1-6H3,(H,34,35). The van der Waals surface area contributed by atoms with Gasteiger partial charge in [0.05, 0.1) is 6.61 Å². The van der Waals surface area contributed by atoms with Crippen LogP contribution in [0.15, 0.2) is 53.1 Å². The molecular formula is C32H41NO5. The molecule has 0 radical (unpaired) electrons. The number of fused-ring (bicyclic) bond motifs is 1. The van der Waals surface area contributed by atoms with Crippen LogP contribution in [0.2, 0.25) is 0 Å². The zero-order valence-electron chi connectivity index (χ0n) is 23.5. The second-order valence-corrected chi connectivity index (χ2v) is 11.9. The molecule has 0 saturated carbocycles. The van der Waals surface area contributed by atoms with E-state index in [1.54, 1.807) is 6.07 Å². The summed E-state index contributed by atoms with van der Waals surface area (Å²) in [6.07, 6.45) is 4.25. The second-order valence-electron chi connectivity index (χ2n) is 11.9. The molecule has 2 N–H and O–H groups in total. The average Bonchev–Trinajstić information content (AvgIpc) is 3.31. The van der Waals surface area contributed by atoms with Gasteiger partial charge in [-0.15, -0.1) is 0 Å². The van der Waals surface area contributed by atoms with Gasteiger partial charge in [-0.05, 0) is 77.9 Å². The first-order valence-electron chi connectivity index (χ1n) is 13.6. The van der Waals surface area contributed by atoms with Crippen LogP contribution in [-0.4, -0.2) is 30.5 Å². The first-order valence-corrected chi connectivity index (χ1v) is 13.6. The smallest absolute Gasteiger partial charge is 0.493 e. The highest BCUT2D eigenvalue weighted by molar-refractivity contribution is 5.78. The summed E-state index contributed by atoms with van der Waals surface area (Å²) in [5, 5.41) is 12.4. The van der Waals surface area contributed by atoms with Crippen molar-refractivity contribution in [2.75, 3.05) is 13.2 Å². The maximum atomic E-state index is 10.9. The summed E-state index contributed by atoms with van der Waals surface area (Å²) in [5.41, 5.74) is 5.94. The van der Waals surface area contributed by atoms with Gasteiger partial charge in [0, 0.05) is 23.2 Å². The molecule has 6 heteroatoms. The van der Waals surface area contributed by atoms with E-state index >= 15 is 0 Å². The molecule has 0 spiro atoms. The number of rotatable bonds is 10. The maximum absolute atomic E-state index is 10.9. The number of carboxylic acid groups (broad SMARTS) is 1. The van der Waals surface area contributed by atoms with Crippen molar-refractivity contribution in [3.05, 3.63) is 59.9 Å². The second kappa shape index (κ2) is 11.2. The first-order chi connectivity index (χ1) is 18.0. The molecule has 38 heavy (non-hydrogen) atoms. The van der Waals surface area contributed by atoms with E-state index in [1.807, 2.05) is 12.1 Å². The van der Waals surface area contributed by atoms with E-state index in [0.29, 0.717) is 18.4 Å². The van der Waals surface area contributed by atoms with Crippen LogP contribution in [-0.2, 0) is 10.8 Å². The number of furan rings is 1. The van der Waals surface area contributed by atoms with Crippen LogP contribution in [0.1, 0.15) is 78.4 Å². The van der Waals surface area contributed by atoms with E-state index in [2.05, 4.69) is 71.1 Å². The van der Waals surface area contributed by atoms with E-state index in [0.717, 1.165) is 48.2 Å². The van der Waals surface area contributed by atoms with Gasteiger partial charge < -0.3 is 24.3 Å². The van der Waals surface area contributed by atoms with Crippen LogP contribution >= 0.6 is 0 Å². The van der Waals surface area contributed by atoms with Crippen molar-refractivity contribution < 1.29 is 23.8 Å². The maximum Gasteiger partial charge on any atom is 0.511 e. The molecule has 0 bridgehead atoms. The fraction of sp³-hybridized carbons (Fsp3) is 0.469. The van der Waals surface area contributed by atoms with Crippen LogP contribution in [0.5, 0.6) is 11.5 Å². The van der Waals surface area contributed by atoms with Crippen LogP contribution in [0.3, 0.4) is 0 Å². The third-order valence-corrected chi connectivity index (χ3v) is 7.59. The average molecular weight is 520 g/mol. The molecule has 204 valence electrons. The molecule has 0 amide bonds. The van der Waals surface area contributed by atoms with Crippen LogP contribution < -0.4 is 14.8 Å². The number of hydrogen-bond acceptors (Lipinski definition) is 5. The summed E-state index contributed by atoms with van der Waals surface area (Å²) in [4.78, 5) is 10.9. The van der Waals surface area contributed by atoms with Crippen molar-refractivity contribution in [2.24, 2.45) is 0 Å². The van der Waals surface area contributed by atoms with Crippen LogP contribution in [0.4, 0.5) is 4.79 Å². The zero-order valence-corrected chi connectivity index (χ0v) is 23.5. The van der Waals surface area contributed by atoms with Crippen molar-refractivity contribution in [1.29, 1.82) is 0 Å². The highest BCUT2D eigenvalue weighted by Gasteiger charge is 2.37. The molecule has 0 aliphatic heterocycles. The summed E-state index contributed by atoms with van der Waals surface area (Å²) in [7, 11) is 0. The molecule has 2 aromatic carbocycles. The van der Waals surface area contributed by atoms with Gasteiger partial charge in [-0.1, -0.05) is 59.7 Å². The van der Waals surface area contributed by atoms with Gasteiger partial charge in [0.1, 0.15) is 17.8 Å². The van der Waals surface area contributed by atoms with Crippen molar-refractivity contribution in [3.63, 3.8) is 0 Å². The van der Waals surface area contributed by atoms with Gasteiger partial charge in [0.25, 0.3) is 0 Å². The van der Waals surface area contributed by atoms with E-state index in [9.17, 15) is 4.79 Å². The highest BCUT2D eigenvalue weighted by atomic mass is 16.7. The van der Waals surface area contributed by atoms with Gasteiger partial charge in [-0.25, -0.2) is 4.79 Å². The third kappa shape index (κ3) is 6.41. The Morgan fingerprint density at radius 1 is 0.974 bits per heavy atom. The number of carbonyl (C=O) groups is 1. The Morgan fingerprint density at radius 3 is 2.39 bits per heavy atom. The van der Waals surface area contributed by atoms with Gasteiger partial charge in [-0.3, -0.25) is 0 Å². The van der Waals surface area contributed by atoms with E-state index in [1.165, 1.54) is 23.8 Å². The molecule has 3 aromatic rings. The van der Waals surface area contributed by atoms with Gasteiger partial charge in [-0.2, -0.15) is 0 Å². The Hall–Kier alpha value is -3.25. The first kappa shape index (κ1) is 27.8. The molecule has 1 aliphatic carbocycles. The summed E-state index contributed by atoms with van der Waals surface area (Å²) < 4.78 is 16.7. The Labute approximate surface area is 226 Å². The molecular weight excluding hydrogens is 478 g/mol.